The van der Waals surface area contributed by atoms with Crippen LogP contribution in [0.4, 0.5) is 0 Å². The molecule has 0 bridgehead atoms. The first kappa shape index (κ1) is 19.3. The van der Waals surface area contributed by atoms with Crippen LogP contribution < -0.4 is 20.3 Å². The summed E-state index contributed by atoms with van der Waals surface area (Å²) in [6.45, 7) is 0. The summed E-state index contributed by atoms with van der Waals surface area (Å²) in [4.78, 5) is 27.5. The van der Waals surface area contributed by atoms with Gasteiger partial charge in [-0.1, -0.05) is 25.7 Å². The SMILES string of the molecule is COc1cc2cc(CCC(=O)NC3CCCCCC3)c(=O)[nH]c2cc1OC. The molecule has 1 aliphatic rings. The maximum Gasteiger partial charge on any atom is 0.251 e. The molecule has 0 atom stereocenters. The number of hydrogen-bond acceptors (Lipinski definition) is 4. The molecule has 1 aliphatic carbocycles. The van der Waals surface area contributed by atoms with Crippen LogP contribution in [-0.4, -0.2) is 31.2 Å². The molecule has 27 heavy (non-hydrogen) atoms. The minimum atomic E-state index is -0.169. The highest BCUT2D eigenvalue weighted by Crippen LogP contribution is 2.31. The van der Waals surface area contributed by atoms with E-state index < -0.39 is 0 Å². The minimum Gasteiger partial charge on any atom is -0.493 e. The molecule has 1 saturated carbocycles. The molecule has 0 radical (unpaired) electrons. The second-order valence-electron chi connectivity index (χ2n) is 7.17. The van der Waals surface area contributed by atoms with E-state index in [1.165, 1.54) is 25.7 Å². The number of carbonyl (C=O) groups excluding carboxylic acids is 1. The summed E-state index contributed by atoms with van der Waals surface area (Å²) in [5.74, 6) is 1.19. The van der Waals surface area contributed by atoms with E-state index in [2.05, 4.69) is 10.3 Å². The van der Waals surface area contributed by atoms with E-state index in [4.69, 9.17) is 9.47 Å². The molecule has 1 amide bonds. The van der Waals surface area contributed by atoms with Crippen molar-refractivity contribution in [2.45, 2.75) is 57.4 Å². The lowest BCUT2D eigenvalue weighted by molar-refractivity contribution is -0.121. The number of benzene rings is 1. The first-order chi connectivity index (χ1) is 13.1. The van der Waals surface area contributed by atoms with E-state index in [1.807, 2.05) is 12.1 Å². The Morgan fingerprint density at radius 1 is 1.07 bits per heavy atom. The second-order valence-corrected chi connectivity index (χ2v) is 7.17. The highest BCUT2D eigenvalue weighted by molar-refractivity contribution is 5.83. The van der Waals surface area contributed by atoms with Crippen LogP contribution in [0.25, 0.3) is 10.9 Å². The third-order valence-electron chi connectivity index (χ3n) is 5.27. The van der Waals surface area contributed by atoms with E-state index in [9.17, 15) is 9.59 Å². The van der Waals surface area contributed by atoms with Crippen LogP contribution in [0.1, 0.15) is 50.5 Å². The molecule has 6 heteroatoms. The number of aromatic nitrogens is 1. The van der Waals surface area contributed by atoms with Crippen LogP contribution in [0, 0.1) is 0 Å². The summed E-state index contributed by atoms with van der Waals surface area (Å²) in [6, 6.07) is 5.69. The fourth-order valence-electron chi connectivity index (χ4n) is 3.74. The third-order valence-corrected chi connectivity index (χ3v) is 5.27. The van der Waals surface area contributed by atoms with Crippen LogP contribution in [0.2, 0.25) is 0 Å². The molecule has 0 aliphatic heterocycles. The molecule has 0 unspecified atom stereocenters. The maximum absolute atomic E-state index is 12.4. The van der Waals surface area contributed by atoms with Crippen LogP contribution in [0.5, 0.6) is 11.5 Å². The van der Waals surface area contributed by atoms with Gasteiger partial charge in [0.05, 0.1) is 19.7 Å². The molecule has 1 aromatic heterocycles. The van der Waals surface area contributed by atoms with Crippen molar-refractivity contribution in [2.24, 2.45) is 0 Å². The number of rotatable bonds is 6. The van der Waals surface area contributed by atoms with Crippen molar-refractivity contribution in [2.75, 3.05) is 14.2 Å². The standard InChI is InChI=1S/C21H28N2O4/c1-26-18-12-15-11-14(21(25)23-17(15)13-19(18)27-2)9-10-20(24)22-16-7-5-3-4-6-8-16/h11-13,16H,3-10H2,1-2H3,(H,22,24)(H,23,25). The minimum absolute atomic E-state index is 0.0220. The van der Waals surface area contributed by atoms with Crippen molar-refractivity contribution >= 4 is 16.8 Å². The lowest BCUT2D eigenvalue weighted by Gasteiger charge is -2.16. The van der Waals surface area contributed by atoms with Crippen LogP contribution in [-0.2, 0) is 11.2 Å². The van der Waals surface area contributed by atoms with Crippen molar-refractivity contribution in [3.05, 3.63) is 34.1 Å². The normalized spacial score (nSPS) is 15.3. The number of amides is 1. The number of H-pyrrole nitrogens is 1. The van der Waals surface area contributed by atoms with Gasteiger partial charge in [-0.3, -0.25) is 9.59 Å². The Kier molecular flexibility index (Phi) is 6.37. The molecular formula is C21H28N2O4. The zero-order valence-corrected chi connectivity index (χ0v) is 16.1. The van der Waals surface area contributed by atoms with Crippen LogP contribution >= 0.6 is 0 Å². The smallest absolute Gasteiger partial charge is 0.251 e. The topological polar surface area (TPSA) is 80.4 Å². The molecule has 1 fully saturated rings. The molecule has 1 heterocycles. The van der Waals surface area contributed by atoms with E-state index >= 15 is 0 Å². The number of carbonyl (C=O) groups is 1. The van der Waals surface area contributed by atoms with Gasteiger partial charge >= 0.3 is 0 Å². The summed E-state index contributed by atoms with van der Waals surface area (Å²) in [5.41, 5.74) is 1.12. The molecule has 0 saturated heterocycles. The predicted octanol–water partition coefficient (Wildman–Crippen LogP) is 3.32. The zero-order chi connectivity index (χ0) is 19.2. The van der Waals surface area contributed by atoms with Gasteiger partial charge in [0.2, 0.25) is 5.91 Å². The molecule has 6 nitrogen and oxygen atoms in total. The average molecular weight is 372 g/mol. The van der Waals surface area contributed by atoms with Crippen LogP contribution in [0.3, 0.4) is 0 Å². The highest BCUT2D eigenvalue weighted by atomic mass is 16.5. The van der Waals surface area contributed by atoms with Gasteiger partial charge in [0.1, 0.15) is 0 Å². The zero-order valence-electron chi connectivity index (χ0n) is 16.1. The molecule has 1 aromatic carbocycles. The Morgan fingerprint density at radius 3 is 2.41 bits per heavy atom. The van der Waals surface area contributed by atoms with Crippen molar-refractivity contribution in [1.82, 2.24) is 10.3 Å². The molecule has 3 rings (SSSR count). The lowest BCUT2D eigenvalue weighted by atomic mass is 10.1. The fraction of sp³-hybridized carbons (Fsp3) is 0.524. The summed E-state index contributed by atoms with van der Waals surface area (Å²) in [5, 5.41) is 3.98. The maximum atomic E-state index is 12.4. The van der Waals surface area contributed by atoms with E-state index in [0.29, 0.717) is 35.4 Å². The van der Waals surface area contributed by atoms with Gasteiger partial charge in [-0.25, -0.2) is 0 Å². The third kappa shape index (κ3) is 4.81. The van der Waals surface area contributed by atoms with Crippen LogP contribution in [0.15, 0.2) is 23.0 Å². The van der Waals surface area contributed by atoms with E-state index in [-0.39, 0.29) is 17.5 Å². The van der Waals surface area contributed by atoms with Gasteiger partial charge in [0, 0.05) is 29.5 Å². The Morgan fingerprint density at radius 2 is 1.74 bits per heavy atom. The van der Waals surface area contributed by atoms with Crippen molar-refractivity contribution in [3.63, 3.8) is 0 Å². The first-order valence-corrected chi connectivity index (χ1v) is 9.68. The van der Waals surface area contributed by atoms with E-state index in [1.54, 1.807) is 20.3 Å². The number of aryl methyl sites for hydroxylation is 1. The highest BCUT2D eigenvalue weighted by Gasteiger charge is 2.15. The van der Waals surface area contributed by atoms with Gasteiger partial charge in [-0.15, -0.1) is 0 Å². The van der Waals surface area contributed by atoms with Gasteiger partial charge in [0.15, 0.2) is 11.5 Å². The number of methoxy groups -OCH3 is 2. The first-order valence-electron chi connectivity index (χ1n) is 9.68. The van der Waals surface area contributed by atoms with Crippen molar-refractivity contribution in [1.29, 1.82) is 0 Å². The number of nitrogens with one attached hydrogen (secondary N) is 2. The van der Waals surface area contributed by atoms with Gasteiger partial charge < -0.3 is 19.8 Å². The average Bonchev–Trinajstić information content (AvgIpc) is 2.94. The Hall–Kier alpha value is -2.50. The molecule has 0 spiro atoms. The predicted molar refractivity (Wildman–Crippen MR) is 106 cm³/mol. The van der Waals surface area contributed by atoms with Gasteiger partial charge in [-0.05, 0) is 31.4 Å². The molecule has 2 aromatic rings. The van der Waals surface area contributed by atoms with Gasteiger partial charge in [0.25, 0.3) is 5.56 Å². The largest absolute Gasteiger partial charge is 0.493 e. The fourth-order valence-corrected chi connectivity index (χ4v) is 3.74. The molecule has 2 N–H and O–H groups in total. The summed E-state index contributed by atoms with van der Waals surface area (Å²) in [6.07, 6.45) is 7.73. The van der Waals surface area contributed by atoms with Crippen molar-refractivity contribution in [3.8, 4) is 11.5 Å². The Labute approximate surface area is 159 Å². The van der Waals surface area contributed by atoms with Gasteiger partial charge in [-0.2, -0.15) is 0 Å². The Balaban J connectivity index is 1.69. The monoisotopic (exact) mass is 372 g/mol. The second kappa shape index (κ2) is 8.93. The number of fused-ring (bicyclic) bond motifs is 1. The number of pyridine rings is 1. The number of hydrogen-bond donors (Lipinski definition) is 2. The molecular weight excluding hydrogens is 344 g/mol. The number of aromatic amines is 1. The summed E-state index contributed by atoms with van der Waals surface area (Å²) in [7, 11) is 3.14. The Bertz CT molecular complexity index is 851. The van der Waals surface area contributed by atoms with E-state index in [0.717, 1.165) is 18.2 Å². The quantitative estimate of drug-likeness (QED) is 0.763. The van der Waals surface area contributed by atoms with Crippen molar-refractivity contribution < 1.29 is 14.3 Å². The molecule has 146 valence electrons. The summed E-state index contributed by atoms with van der Waals surface area (Å²) < 4.78 is 10.6. The lowest BCUT2D eigenvalue weighted by Crippen LogP contribution is -2.34. The summed E-state index contributed by atoms with van der Waals surface area (Å²) >= 11 is 0. The number of ether oxygens (including phenoxy) is 2.